The summed E-state index contributed by atoms with van der Waals surface area (Å²) in [5.74, 6) is 0.448. The van der Waals surface area contributed by atoms with Crippen LogP contribution in [0.1, 0.15) is 32.4 Å². The molecule has 0 spiro atoms. The number of methoxy groups -OCH3 is 1. The number of benzene rings is 1. The Bertz CT molecular complexity index is 486. The first-order valence-electron chi connectivity index (χ1n) is 7.32. The van der Waals surface area contributed by atoms with Crippen LogP contribution in [0.25, 0.3) is 0 Å². The van der Waals surface area contributed by atoms with Gasteiger partial charge in [-0.25, -0.2) is 4.79 Å². The highest BCUT2D eigenvalue weighted by molar-refractivity contribution is 7.86. The number of carbonyl (C=O) groups excluding carboxylic acids is 1. The first-order valence-corrected chi connectivity index (χ1v) is 8.64. The fraction of sp³-hybridized carbons (Fsp3) is 0.562. The molecule has 2 amide bonds. The summed E-state index contributed by atoms with van der Waals surface area (Å²) in [7, 11) is 0.650. The molecule has 0 aliphatic heterocycles. The van der Waals surface area contributed by atoms with Crippen LogP contribution in [0.2, 0.25) is 0 Å². The summed E-state index contributed by atoms with van der Waals surface area (Å²) < 4.78 is 17.0. The molecule has 0 fully saturated rings. The first kappa shape index (κ1) is 18.6. The Kier molecular flexibility index (Phi) is 7.55. The van der Waals surface area contributed by atoms with E-state index in [4.69, 9.17) is 4.74 Å². The third-order valence-corrected chi connectivity index (χ3v) is 5.10. The second-order valence-electron chi connectivity index (χ2n) is 5.93. The van der Waals surface area contributed by atoms with Gasteiger partial charge >= 0.3 is 6.03 Å². The molecule has 1 rings (SSSR count). The molecular formula is C16H26N2O3S. The lowest BCUT2D eigenvalue weighted by molar-refractivity contribution is 0.104. The van der Waals surface area contributed by atoms with Gasteiger partial charge in [0.15, 0.2) is 0 Å². The van der Waals surface area contributed by atoms with Crippen LogP contribution in [0, 0.1) is 0 Å². The van der Waals surface area contributed by atoms with Gasteiger partial charge in [0.1, 0.15) is 0 Å². The monoisotopic (exact) mass is 326 g/mol. The standard InChI is InChI=1S/C16H26N2O3S/c1-16(2,3)22(20)11-10-17-15(19)18-12-14(21-4)13-8-6-5-7-9-13/h5-9,14H,10-12H2,1-4H3,(H2,17,18,19)/t14-,22+/m0/s1. The molecule has 0 aliphatic rings. The Morgan fingerprint density at radius 1 is 1.23 bits per heavy atom. The topological polar surface area (TPSA) is 67.4 Å². The molecule has 0 saturated carbocycles. The zero-order valence-corrected chi connectivity index (χ0v) is 14.5. The summed E-state index contributed by atoms with van der Waals surface area (Å²) in [5, 5.41) is 5.49. The van der Waals surface area contributed by atoms with Crippen LogP contribution in [-0.2, 0) is 15.5 Å². The molecule has 6 heteroatoms. The molecule has 124 valence electrons. The minimum atomic E-state index is -0.965. The van der Waals surface area contributed by atoms with Crippen LogP contribution in [0.4, 0.5) is 4.79 Å². The van der Waals surface area contributed by atoms with Crippen molar-refractivity contribution in [3.63, 3.8) is 0 Å². The van der Waals surface area contributed by atoms with E-state index in [1.54, 1.807) is 7.11 Å². The zero-order chi connectivity index (χ0) is 16.6. The van der Waals surface area contributed by atoms with Gasteiger partial charge in [-0.2, -0.15) is 0 Å². The third-order valence-electron chi connectivity index (χ3n) is 3.16. The number of urea groups is 1. The lowest BCUT2D eigenvalue weighted by Gasteiger charge is -2.18. The van der Waals surface area contributed by atoms with E-state index in [1.807, 2.05) is 51.1 Å². The van der Waals surface area contributed by atoms with Gasteiger partial charge in [0.2, 0.25) is 0 Å². The summed E-state index contributed by atoms with van der Waals surface area (Å²) in [4.78, 5) is 11.7. The lowest BCUT2D eigenvalue weighted by Crippen LogP contribution is -2.40. The largest absolute Gasteiger partial charge is 0.375 e. The number of carbonyl (C=O) groups is 1. The van der Waals surface area contributed by atoms with Crippen molar-refractivity contribution in [3.05, 3.63) is 35.9 Å². The van der Waals surface area contributed by atoms with Gasteiger partial charge in [-0.1, -0.05) is 30.3 Å². The molecule has 0 aliphatic carbocycles. The molecule has 2 N–H and O–H groups in total. The second-order valence-corrected chi connectivity index (χ2v) is 8.26. The first-order chi connectivity index (χ1) is 10.3. The number of nitrogens with one attached hydrogen (secondary N) is 2. The number of rotatable bonds is 7. The molecular weight excluding hydrogens is 300 g/mol. The zero-order valence-electron chi connectivity index (χ0n) is 13.7. The van der Waals surface area contributed by atoms with Crippen molar-refractivity contribution in [1.82, 2.24) is 10.6 Å². The molecule has 2 atom stereocenters. The molecule has 22 heavy (non-hydrogen) atoms. The summed E-state index contributed by atoms with van der Waals surface area (Å²) in [6.07, 6.45) is -0.185. The minimum Gasteiger partial charge on any atom is -0.375 e. The van der Waals surface area contributed by atoms with Crippen LogP contribution in [0.15, 0.2) is 30.3 Å². The summed E-state index contributed by atoms with van der Waals surface area (Å²) in [6, 6.07) is 9.45. The van der Waals surface area contributed by atoms with Gasteiger partial charge in [-0.05, 0) is 26.3 Å². The third kappa shape index (κ3) is 6.58. The van der Waals surface area contributed by atoms with Crippen LogP contribution in [0.5, 0.6) is 0 Å². The molecule has 5 nitrogen and oxygen atoms in total. The van der Waals surface area contributed by atoms with Crippen molar-refractivity contribution in [3.8, 4) is 0 Å². The average molecular weight is 326 g/mol. The molecule has 0 saturated heterocycles. The van der Waals surface area contributed by atoms with E-state index in [0.717, 1.165) is 5.56 Å². The SMILES string of the molecule is CO[C@@H](CNC(=O)NCC[S@@](=O)C(C)(C)C)c1ccccc1. The van der Waals surface area contributed by atoms with Crippen molar-refractivity contribution in [2.75, 3.05) is 26.0 Å². The summed E-state index contributed by atoms with van der Waals surface area (Å²) >= 11 is 0. The highest BCUT2D eigenvalue weighted by Crippen LogP contribution is 2.14. The Hall–Kier alpha value is -1.40. The van der Waals surface area contributed by atoms with E-state index < -0.39 is 10.8 Å². The van der Waals surface area contributed by atoms with Crippen molar-refractivity contribution in [1.29, 1.82) is 0 Å². The van der Waals surface area contributed by atoms with E-state index in [2.05, 4.69) is 10.6 Å². The van der Waals surface area contributed by atoms with Gasteiger partial charge in [0.25, 0.3) is 0 Å². The normalized spacial score (nSPS) is 14.2. The molecule has 0 bridgehead atoms. The number of hydrogen-bond acceptors (Lipinski definition) is 3. The van der Waals surface area contributed by atoms with Gasteiger partial charge in [0.05, 0.1) is 6.10 Å². The highest BCUT2D eigenvalue weighted by atomic mass is 32.2. The van der Waals surface area contributed by atoms with Gasteiger partial charge in [-0.3, -0.25) is 4.21 Å². The second kappa shape index (κ2) is 8.90. The lowest BCUT2D eigenvalue weighted by atomic mass is 10.1. The van der Waals surface area contributed by atoms with Crippen molar-refractivity contribution in [2.45, 2.75) is 31.6 Å². The molecule has 0 aromatic heterocycles. The molecule has 1 aromatic carbocycles. The fourth-order valence-corrected chi connectivity index (χ4v) is 2.72. The fourth-order valence-electron chi connectivity index (χ4n) is 1.82. The number of amides is 2. The van der Waals surface area contributed by atoms with Gasteiger partial charge < -0.3 is 15.4 Å². The smallest absolute Gasteiger partial charge is 0.314 e. The van der Waals surface area contributed by atoms with Crippen LogP contribution < -0.4 is 10.6 Å². The maximum Gasteiger partial charge on any atom is 0.314 e. The minimum absolute atomic E-state index is 0.185. The molecule has 0 unspecified atom stereocenters. The quantitative estimate of drug-likeness (QED) is 0.807. The predicted octanol–water partition coefficient (Wildman–Crippen LogP) is 2.22. The van der Waals surface area contributed by atoms with Crippen molar-refractivity contribution in [2.24, 2.45) is 0 Å². The summed E-state index contributed by atoms with van der Waals surface area (Å²) in [6.45, 7) is 6.54. The highest BCUT2D eigenvalue weighted by Gasteiger charge is 2.19. The Morgan fingerprint density at radius 3 is 2.41 bits per heavy atom. The Labute approximate surface area is 135 Å². The molecule has 1 aromatic rings. The Balaban J connectivity index is 2.32. The van der Waals surface area contributed by atoms with Crippen LogP contribution >= 0.6 is 0 Å². The van der Waals surface area contributed by atoms with Crippen molar-refractivity contribution < 1.29 is 13.7 Å². The van der Waals surface area contributed by atoms with Crippen molar-refractivity contribution >= 4 is 16.8 Å². The van der Waals surface area contributed by atoms with E-state index >= 15 is 0 Å². The molecule has 0 radical (unpaired) electrons. The number of ether oxygens (including phenoxy) is 1. The van der Waals surface area contributed by atoms with E-state index in [1.165, 1.54) is 0 Å². The number of hydrogen-bond donors (Lipinski definition) is 2. The average Bonchev–Trinajstić information content (AvgIpc) is 2.48. The van der Waals surface area contributed by atoms with Crippen LogP contribution in [0.3, 0.4) is 0 Å². The summed E-state index contributed by atoms with van der Waals surface area (Å²) in [5.41, 5.74) is 1.01. The van der Waals surface area contributed by atoms with E-state index in [0.29, 0.717) is 18.8 Å². The van der Waals surface area contributed by atoms with Crippen LogP contribution in [-0.4, -0.2) is 40.9 Å². The van der Waals surface area contributed by atoms with E-state index in [9.17, 15) is 9.00 Å². The predicted molar refractivity (Wildman–Crippen MR) is 90.4 cm³/mol. The Morgan fingerprint density at radius 2 is 1.86 bits per heavy atom. The van der Waals surface area contributed by atoms with E-state index in [-0.39, 0.29) is 16.9 Å². The maximum atomic E-state index is 11.9. The van der Waals surface area contributed by atoms with Gasteiger partial charge in [0, 0.05) is 41.5 Å². The molecule has 0 heterocycles. The van der Waals surface area contributed by atoms with Gasteiger partial charge in [-0.15, -0.1) is 0 Å². The maximum absolute atomic E-state index is 11.9.